The summed E-state index contributed by atoms with van der Waals surface area (Å²) in [6.45, 7) is 13.7. The van der Waals surface area contributed by atoms with Gasteiger partial charge in [-0.2, -0.15) is 0 Å². The van der Waals surface area contributed by atoms with Gasteiger partial charge in [0.05, 0.1) is 25.5 Å². The Balaban J connectivity index is 1.44. The fourth-order valence-corrected chi connectivity index (χ4v) is 6.13. The number of hydrogen-bond donors (Lipinski definition) is 1. The highest BCUT2D eigenvalue weighted by Gasteiger charge is 2.28. The van der Waals surface area contributed by atoms with Gasteiger partial charge in [-0.1, -0.05) is 23.7 Å². The Morgan fingerprint density at radius 3 is 2.66 bits per heavy atom. The van der Waals surface area contributed by atoms with Crippen LogP contribution in [-0.4, -0.2) is 71.3 Å². The van der Waals surface area contributed by atoms with Gasteiger partial charge in [0.15, 0.2) is 5.82 Å². The molecule has 1 atom stereocenters. The van der Waals surface area contributed by atoms with Crippen LogP contribution in [0.1, 0.15) is 50.6 Å². The third-order valence-corrected chi connectivity index (χ3v) is 8.37. The van der Waals surface area contributed by atoms with Crippen LogP contribution >= 0.6 is 22.9 Å². The van der Waals surface area contributed by atoms with Gasteiger partial charge in [-0.05, 0) is 58.0 Å². The van der Waals surface area contributed by atoms with E-state index in [9.17, 15) is 0 Å². The van der Waals surface area contributed by atoms with Crippen molar-refractivity contribution in [3.63, 3.8) is 0 Å². The molecule has 1 saturated heterocycles. The lowest BCUT2D eigenvalue weighted by Crippen LogP contribution is -2.38. The Kier molecular flexibility index (Phi) is 7.65. The maximum absolute atomic E-state index is 6.22. The van der Waals surface area contributed by atoms with Crippen LogP contribution in [0.3, 0.4) is 0 Å². The van der Waals surface area contributed by atoms with E-state index in [0.717, 1.165) is 86.8 Å². The maximum Gasteiger partial charge on any atom is 0.159 e. The molecule has 0 radical (unpaired) electrons. The van der Waals surface area contributed by atoms with E-state index in [2.05, 4.69) is 51.0 Å². The van der Waals surface area contributed by atoms with E-state index in [-0.39, 0.29) is 6.04 Å². The number of nitrogens with one attached hydrogen (secondary N) is 1. The molecule has 2 aliphatic heterocycles. The fourth-order valence-electron chi connectivity index (χ4n) is 4.83. The first-order chi connectivity index (χ1) is 17.0. The molecule has 1 fully saturated rings. The lowest BCUT2D eigenvalue weighted by molar-refractivity contribution is 0.0374. The Hall–Kier alpha value is -2.10. The van der Waals surface area contributed by atoms with Crippen LogP contribution in [0.4, 0.5) is 0 Å². The molecule has 1 N–H and O–H groups in total. The molecule has 7 nitrogen and oxygen atoms in total. The van der Waals surface area contributed by atoms with E-state index in [1.54, 1.807) is 0 Å². The molecule has 0 amide bonds. The third-order valence-electron chi connectivity index (χ3n) is 6.93. The Morgan fingerprint density at radius 2 is 1.89 bits per heavy atom. The third kappa shape index (κ3) is 5.37. The zero-order valence-corrected chi connectivity index (χ0v) is 22.3. The fraction of sp³-hybridized carbons (Fsp3) is 0.500. The van der Waals surface area contributed by atoms with Crippen LogP contribution in [0, 0.1) is 20.8 Å². The molecule has 35 heavy (non-hydrogen) atoms. The molecule has 4 heterocycles. The number of aromatic nitrogens is 3. The van der Waals surface area contributed by atoms with Gasteiger partial charge in [0, 0.05) is 45.5 Å². The molecule has 2 aliphatic rings. The van der Waals surface area contributed by atoms with Gasteiger partial charge in [0.1, 0.15) is 11.9 Å². The van der Waals surface area contributed by atoms with Crippen molar-refractivity contribution in [3.8, 4) is 0 Å². The second kappa shape index (κ2) is 10.9. The van der Waals surface area contributed by atoms with Crippen LogP contribution in [0.2, 0.25) is 5.02 Å². The average Bonchev–Trinajstić information content (AvgIpc) is 3.34. The van der Waals surface area contributed by atoms with Crippen molar-refractivity contribution in [3.05, 3.63) is 67.4 Å². The first-order valence-corrected chi connectivity index (χ1v) is 13.5. The van der Waals surface area contributed by atoms with Gasteiger partial charge in [-0.3, -0.25) is 9.89 Å². The Labute approximate surface area is 216 Å². The topological polar surface area (TPSA) is 67.6 Å². The molecule has 3 aromatic rings. The van der Waals surface area contributed by atoms with E-state index >= 15 is 0 Å². The van der Waals surface area contributed by atoms with Gasteiger partial charge in [0.2, 0.25) is 0 Å². The molecule has 186 valence electrons. The summed E-state index contributed by atoms with van der Waals surface area (Å²) >= 11 is 8.06. The molecule has 9 heteroatoms. The molecule has 0 aliphatic carbocycles. The van der Waals surface area contributed by atoms with Crippen LogP contribution in [0.25, 0.3) is 0 Å². The number of aliphatic imine (C=N–C) groups is 1. The number of fused-ring (bicyclic) bond motifs is 2. The SMILES string of the molecule is Cc1sc2c(c1C)/C(c1ccc(Cl)cc1)=N\[C@@H](CNCCCN1CCOCC1)c1nnc(C)n1C2. The summed E-state index contributed by atoms with van der Waals surface area (Å²) in [5, 5.41) is 13.4. The van der Waals surface area contributed by atoms with Crippen molar-refractivity contribution < 1.29 is 4.74 Å². The molecule has 1 aromatic carbocycles. The summed E-state index contributed by atoms with van der Waals surface area (Å²) in [5.41, 5.74) is 4.64. The monoisotopic (exact) mass is 512 g/mol. The molecule has 0 bridgehead atoms. The molecule has 5 rings (SSSR count). The number of morpholine rings is 1. The van der Waals surface area contributed by atoms with Crippen molar-refractivity contribution >= 4 is 28.6 Å². The van der Waals surface area contributed by atoms with E-state index in [4.69, 9.17) is 21.3 Å². The summed E-state index contributed by atoms with van der Waals surface area (Å²) in [6.07, 6.45) is 1.10. The van der Waals surface area contributed by atoms with Gasteiger partial charge < -0.3 is 14.6 Å². The van der Waals surface area contributed by atoms with E-state index < -0.39 is 0 Å². The van der Waals surface area contributed by atoms with E-state index in [1.807, 2.05) is 30.4 Å². The largest absolute Gasteiger partial charge is 0.379 e. The van der Waals surface area contributed by atoms with Crippen LogP contribution in [0.15, 0.2) is 29.3 Å². The molecular weight excluding hydrogens is 480 g/mol. The van der Waals surface area contributed by atoms with Crippen molar-refractivity contribution in [1.29, 1.82) is 0 Å². The zero-order valence-electron chi connectivity index (χ0n) is 20.7. The number of hydrogen-bond acceptors (Lipinski definition) is 7. The van der Waals surface area contributed by atoms with Crippen LogP contribution in [0.5, 0.6) is 0 Å². The number of halogens is 1. The lowest BCUT2D eigenvalue weighted by atomic mass is 9.97. The molecule has 0 saturated carbocycles. The summed E-state index contributed by atoms with van der Waals surface area (Å²) < 4.78 is 7.69. The predicted molar refractivity (Wildman–Crippen MR) is 142 cm³/mol. The first kappa shape index (κ1) is 24.6. The van der Waals surface area contributed by atoms with E-state index in [1.165, 1.54) is 20.9 Å². The summed E-state index contributed by atoms with van der Waals surface area (Å²) in [5.74, 6) is 1.85. The Bertz CT molecular complexity index is 1200. The highest BCUT2D eigenvalue weighted by molar-refractivity contribution is 7.12. The van der Waals surface area contributed by atoms with Crippen LogP contribution in [-0.2, 0) is 11.3 Å². The van der Waals surface area contributed by atoms with Gasteiger partial charge >= 0.3 is 0 Å². The normalized spacial score (nSPS) is 20.0. The highest BCUT2D eigenvalue weighted by atomic mass is 35.5. The van der Waals surface area contributed by atoms with E-state index in [0.29, 0.717) is 0 Å². The highest BCUT2D eigenvalue weighted by Crippen LogP contribution is 2.35. The van der Waals surface area contributed by atoms with Crippen molar-refractivity contribution in [1.82, 2.24) is 25.0 Å². The smallest absolute Gasteiger partial charge is 0.159 e. The molecular formula is C26H33ClN6OS. The minimum Gasteiger partial charge on any atom is -0.379 e. The number of benzene rings is 1. The summed E-state index contributed by atoms with van der Waals surface area (Å²) in [4.78, 5) is 10.5. The number of rotatable bonds is 7. The maximum atomic E-state index is 6.22. The molecule has 0 spiro atoms. The van der Waals surface area contributed by atoms with Crippen LogP contribution < -0.4 is 5.32 Å². The molecule has 0 unspecified atom stereocenters. The van der Waals surface area contributed by atoms with Gasteiger partial charge in [0.25, 0.3) is 0 Å². The molecule has 2 aromatic heterocycles. The number of thiophene rings is 1. The number of nitrogens with zero attached hydrogens (tertiary/aromatic N) is 5. The minimum absolute atomic E-state index is 0.127. The quantitative estimate of drug-likeness (QED) is 0.481. The van der Waals surface area contributed by atoms with Crippen molar-refractivity contribution in [2.24, 2.45) is 4.99 Å². The van der Waals surface area contributed by atoms with Gasteiger partial charge in [-0.15, -0.1) is 21.5 Å². The standard InChI is InChI=1S/C26H33ClN6OS/c1-17-18(2)35-23-16-33-19(3)30-31-26(33)22(15-28-9-4-10-32-11-13-34-14-12-32)29-25(24(17)23)20-5-7-21(27)8-6-20/h5-8,22,28H,4,9-16H2,1-3H3/b29-25-/t22-/m0/s1. The van der Waals surface area contributed by atoms with Gasteiger partial charge in [-0.25, -0.2) is 0 Å². The van der Waals surface area contributed by atoms with Crippen molar-refractivity contribution in [2.45, 2.75) is 39.8 Å². The number of aryl methyl sites for hydroxylation is 2. The first-order valence-electron chi connectivity index (χ1n) is 12.3. The average molecular weight is 513 g/mol. The second-order valence-corrected chi connectivity index (χ2v) is 11.0. The van der Waals surface area contributed by atoms with Crippen molar-refractivity contribution in [2.75, 3.05) is 45.9 Å². The lowest BCUT2D eigenvalue weighted by Gasteiger charge is -2.26. The second-order valence-electron chi connectivity index (χ2n) is 9.29. The Morgan fingerprint density at radius 1 is 1.11 bits per heavy atom. The number of ether oxygens (including phenoxy) is 1. The zero-order chi connectivity index (χ0) is 24.4. The predicted octanol–water partition coefficient (Wildman–Crippen LogP) is 4.17. The summed E-state index contributed by atoms with van der Waals surface area (Å²) in [7, 11) is 0. The summed E-state index contributed by atoms with van der Waals surface area (Å²) in [6, 6.07) is 7.90. The minimum atomic E-state index is -0.127.